The van der Waals surface area contributed by atoms with Gasteiger partial charge in [0.15, 0.2) is 0 Å². The number of aliphatic hydroxyl groups is 1. The molecule has 1 aliphatic carbocycles. The Morgan fingerprint density at radius 2 is 2.25 bits per heavy atom. The SMILES string of the molecule is NCC1CCC(C(=O)NC2(CO)CCC2)O1. The van der Waals surface area contributed by atoms with Gasteiger partial charge in [-0.25, -0.2) is 0 Å². The van der Waals surface area contributed by atoms with E-state index in [1.54, 1.807) is 0 Å². The van der Waals surface area contributed by atoms with Gasteiger partial charge in [0.1, 0.15) is 6.10 Å². The molecule has 0 radical (unpaired) electrons. The molecule has 5 heteroatoms. The highest BCUT2D eigenvalue weighted by Gasteiger charge is 2.40. The van der Waals surface area contributed by atoms with Crippen molar-refractivity contribution in [3.63, 3.8) is 0 Å². The van der Waals surface area contributed by atoms with Crippen molar-refractivity contribution in [2.45, 2.75) is 49.9 Å². The smallest absolute Gasteiger partial charge is 0.249 e. The quantitative estimate of drug-likeness (QED) is 0.607. The molecule has 0 bridgehead atoms. The van der Waals surface area contributed by atoms with Gasteiger partial charge in [0.2, 0.25) is 5.91 Å². The second-order valence-electron chi connectivity index (χ2n) is 4.84. The maximum atomic E-state index is 11.9. The first-order valence-electron chi connectivity index (χ1n) is 5.97. The van der Waals surface area contributed by atoms with Crippen LogP contribution in [0.5, 0.6) is 0 Å². The van der Waals surface area contributed by atoms with Gasteiger partial charge in [-0.1, -0.05) is 0 Å². The minimum atomic E-state index is -0.377. The lowest BCUT2D eigenvalue weighted by atomic mass is 9.77. The third kappa shape index (κ3) is 2.21. The molecule has 0 spiro atoms. The van der Waals surface area contributed by atoms with Gasteiger partial charge in [-0.15, -0.1) is 0 Å². The molecular weight excluding hydrogens is 208 g/mol. The van der Waals surface area contributed by atoms with Gasteiger partial charge in [-0.3, -0.25) is 4.79 Å². The van der Waals surface area contributed by atoms with E-state index in [0.29, 0.717) is 6.54 Å². The number of carbonyl (C=O) groups excluding carboxylic acids is 1. The van der Waals surface area contributed by atoms with Crippen LogP contribution in [-0.2, 0) is 9.53 Å². The fraction of sp³-hybridized carbons (Fsp3) is 0.909. The zero-order valence-corrected chi connectivity index (χ0v) is 9.45. The van der Waals surface area contributed by atoms with Crippen LogP contribution in [0.4, 0.5) is 0 Å². The Kier molecular flexibility index (Phi) is 3.47. The molecule has 1 saturated carbocycles. The average Bonchev–Trinajstić information content (AvgIpc) is 2.71. The second kappa shape index (κ2) is 4.69. The second-order valence-corrected chi connectivity index (χ2v) is 4.84. The molecule has 2 aliphatic rings. The standard InChI is InChI=1S/C11H20N2O3/c12-6-8-2-3-9(16-8)10(15)13-11(7-14)4-1-5-11/h8-9,14H,1-7,12H2,(H,13,15). The minimum Gasteiger partial charge on any atom is -0.394 e. The van der Waals surface area contributed by atoms with Gasteiger partial charge in [0.25, 0.3) is 0 Å². The molecule has 1 saturated heterocycles. The lowest BCUT2D eigenvalue weighted by Gasteiger charge is -2.41. The summed E-state index contributed by atoms with van der Waals surface area (Å²) in [6.45, 7) is 0.487. The number of aliphatic hydroxyl groups excluding tert-OH is 1. The Morgan fingerprint density at radius 3 is 2.69 bits per heavy atom. The number of amides is 1. The third-order valence-corrected chi connectivity index (χ3v) is 3.66. The Morgan fingerprint density at radius 1 is 1.50 bits per heavy atom. The summed E-state index contributed by atoms with van der Waals surface area (Å²) >= 11 is 0. The number of nitrogens with two attached hydrogens (primary N) is 1. The summed E-state index contributed by atoms with van der Waals surface area (Å²) in [7, 11) is 0. The highest BCUT2D eigenvalue weighted by atomic mass is 16.5. The van der Waals surface area contributed by atoms with Gasteiger partial charge in [0, 0.05) is 6.54 Å². The van der Waals surface area contributed by atoms with Crippen molar-refractivity contribution in [3.8, 4) is 0 Å². The third-order valence-electron chi connectivity index (χ3n) is 3.66. The molecule has 2 fully saturated rings. The van der Waals surface area contributed by atoms with Gasteiger partial charge in [0.05, 0.1) is 18.2 Å². The van der Waals surface area contributed by atoms with Crippen LogP contribution in [0.15, 0.2) is 0 Å². The first-order valence-corrected chi connectivity index (χ1v) is 5.97. The molecule has 2 unspecified atom stereocenters. The highest BCUT2D eigenvalue weighted by molar-refractivity contribution is 5.82. The van der Waals surface area contributed by atoms with Crippen LogP contribution < -0.4 is 11.1 Å². The minimum absolute atomic E-state index is 0.0159. The van der Waals surface area contributed by atoms with Crippen LogP contribution in [0, 0.1) is 0 Å². The van der Waals surface area contributed by atoms with Crippen molar-refractivity contribution in [2.24, 2.45) is 5.73 Å². The maximum absolute atomic E-state index is 11.9. The average molecular weight is 228 g/mol. The van der Waals surface area contributed by atoms with E-state index >= 15 is 0 Å². The molecule has 92 valence electrons. The summed E-state index contributed by atoms with van der Waals surface area (Å²) in [5.41, 5.74) is 5.12. The zero-order chi connectivity index (χ0) is 11.6. The van der Waals surface area contributed by atoms with Crippen LogP contribution in [-0.4, -0.2) is 41.9 Å². The Labute approximate surface area is 95.3 Å². The van der Waals surface area contributed by atoms with Crippen molar-refractivity contribution in [1.29, 1.82) is 0 Å². The van der Waals surface area contributed by atoms with Crippen LogP contribution >= 0.6 is 0 Å². The Hall–Kier alpha value is -0.650. The lowest BCUT2D eigenvalue weighted by molar-refractivity contribution is -0.135. The first kappa shape index (κ1) is 11.8. The fourth-order valence-electron chi connectivity index (χ4n) is 2.34. The van der Waals surface area contributed by atoms with E-state index < -0.39 is 0 Å². The van der Waals surface area contributed by atoms with E-state index in [1.165, 1.54) is 0 Å². The van der Waals surface area contributed by atoms with E-state index in [0.717, 1.165) is 32.1 Å². The van der Waals surface area contributed by atoms with Crippen molar-refractivity contribution in [1.82, 2.24) is 5.32 Å². The summed E-state index contributed by atoms with van der Waals surface area (Å²) in [4.78, 5) is 11.9. The summed E-state index contributed by atoms with van der Waals surface area (Å²) in [6, 6.07) is 0. The zero-order valence-electron chi connectivity index (χ0n) is 9.45. The summed E-state index contributed by atoms with van der Waals surface area (Å²) < 4.78 is 5.51. The predicted molar refractivity (Wildman–Crippen MR) is 58.8 cm³/mol. The largest absolute Gasteiger partial charge is 0.394 e. The predicted octanol–water partition coefficient (Wildman–Crippen LogP) is -0.476. The summed E-state index contributed by atoms with van der Waals surface area (Å²) in [5.74, 6) is -0.0929. The van der Waals surface area contributed by atoms with Crippen LogP contribution in [0.3, 0.4) is 0 Å². The summed E-state index contributed by atoms with van der Waals surface area (Å²) in [5, 5.41) is 12.2. The van der Waals surface area contributed by atoms with Crippen LogP contribution in [0.2, 0.25) is 0 Å². The van der Waals surface area contributed by atoms with Gasteiger partial charge in [-0.05, 0) is 32.1 Å². The molecule has 2 atom stereocenters. The van der Waals surface area contributed by atoms with Crippen molar-refractivity contribution < 1.29 is 14.6 Å². The van der Waals surface area contributed by atoms with Crippen LogP contribution in [0.25, 0.3) is 0 Å². The van der Waals surface area contributed by atoms with Crippen LogP contribution in [0.1, 0.15) is 32.1 Å². The van der Waals surface area contributed by atoms with Gasteiger partial charge >= 0.3 is 0 Å². The molecule has 4 N–H and O–H groups in total. The van der Waals surface area contributed by atoms with E-state index in [-0.39, 0.29) is 30.3 Å². The number of ether oxygens (including phenoxy) is 1. The fourth-order valence-corrected chi connectivity index (χ4v) is 2.34. The summed E-state index contributed by atoms with van der Waals surface area (Å²) in [6.07, 6.45) is 4.01. The molecule has 0 aromatic rings. The molecule has 16 heavy (non-hydrogen) atoms. The lowest BCUT2D eigenvalue weighted by Crippen LogP contribution is -2.58. The number of rotatable bonds is 4. The van der Waals surface area contributed by atoms with E-state index in [1.807, 2.05) is 0 Å². The molecule has 1 amide bonds. The van der Waals surface area contributed by atoms with E-state index in [4.69, 9.17) is 10.5 Å². The number of nitrogens with one attached hydrogen (secondary N) is 1. The molecule has 1 heterocycles. The molecule has 1 aliphatic heterocycles. The van der Waals surface area contributed by atoms with Gasteiger partial charge < -0.3 is 20.9 Å². The Bertz CT molecular complexity index is 260. The van der Waals surface area contributed by atoms with Gasteiger partial charge in [-0.2, -0.15) is 0 Å². The monoisotopic (exact) mass is 228 g/mol. The van der Waals surface area contributed by atoms with E-state index in [2.05, 4.69) is 5.32 Å². The van der Waals surface area contributed by atoms with Crippen molar-refractivity contribution in [2.75, 3.05) is 13.2 Å². The topological polar surface area (TPSA) is 84.6 Å². The first-order chi connectivity index (χ1) is 7.69. The molecule has 2 rings (SSSR count). The Balaban J connectivity index is 1.84. The normalized spacial score (nSPS) is 32.1. The molecular formula is C11H20N2O3. The molecule has 0 aromatic carbocycles. The number of hydrogen-bond acceptors (Lipinski definition) is 4. The maximum Gasteiger partial charge on any atom is 0.249 e. The van der Waals surface area contributed by atoms with E-state index in [9.17, 15) is 9.90 Å². The molecule has 5 nitrogen and oxygen atoms in total. The van der Waals surface area contributed by atoms with Crippen molar-refractivity contribution >= 4 is 5.91 Å². The van der Waals surface area contributed by atoms with Crippen molar-refractivity contribution in [3.05, 3.63) is 0 Å². The number of hydrogen-bond donors (Lipinski definition) is 3. The molecule has 0 aromatic heterocycles. The number of carbonyl (C=O) groups is 1. The highest BCUT2D eigenvalue weighted by Crippen LogP contribution is 2.32.